The first-order valence-electron chi connectivity index (χ1n) is 22.7. The minimum Gasteiger partial charge on any atom is -0.480 e. The Labute approximate surface area is 327 Å². The van der Waals surface area contributed by atoms with E-state index in [1.54, 1.807) is 0 Å². The summed E-state index contributed by atoms with van der Waals surface area (Å²) in [5.74, 6) is -1.23. The molecule has 0 radical (unpaired) electrons. The van der Waals surface area contributed by atoms with Crippen molar-refractivity contribution in [2.45, 2.75) is 244 Å². The fourth-order valence-corrected chi connectivity index (χ4v) is 6.84. The normalized spacial score (nSPS) is 12.8. The number of amides is 1. The smallest absolute Gasteiger partial charge is 0.326 e. The molecule has 0 aliphatic rings. The van der Waals surface area contributed by atoms with Crippen molar-refractivity contribution in [1.29, 1.82) is 0 Å². The maximum atomic E-state index is 12.8. The van der Waals surface area contributed by atoms with Gasteiger partial charge in [-0.15, -0.1) is 0 Å². The SMILES string of the molecule is CCC/C=C\C/C=C\CCCCCCCC(=O)OC(CCCCCCCCCCCCCCCC)CCCCCCCC(=O)NC(CCCN)C(=O)O. The van der Waals surface area contributed by atoms with Gasteiger partial charge in [-0.1, -0.05) is 167 Å². The molecule has 0 fully saturated rings. The van der Waals surface area contributed by atoms with Gasteiger partial charge in [0.15, 0.2) is 0 Å². The van der Waals surface area contributed by atoms with E-state index in [9.17, 15) is 19.5 Å². The van der Waals surface area contributed by atoms with Gasteiger partial charge in [-0.2, -0.15) is 0 Å². The first-order chi connectivity index (χ1) is 25.9. The summed E-state index contributed by atoms with van der Waals surface area (Å²) in [5, 5.41) is 11.9. The molecule has 310 valence electrons. The number of esters is 1. The summed E-state index contributed by atoms with van der Waals surface area (Å²) < 4.78 is 6.05. The lowest BCUT2D eigenvalue weighted by molar-refractivity contribution is -0.150. The molecule has 0 aliphatic carbocycles. The van der Waals surface area contributed by atoms with E-state index >= 15 is 0 Å². The highest BCUT2D eigenvalue weighted by Gasteiger charge is 2.19. The molecular weight excluding hydrogens is 661 g/mol. The van der Waals surface area contributed by atoms with Gasteiger partial charge in [0.05, 0.1) is 0 Å². The summed E-state index contributed by atoms with van der Waals surface area (Å²) >= 11 is 0. The van der Waals surface area contributed by atoms with Gasteiger partial charge >= 0.3 is 11.9 Å². The Kier molecular flexibility index (Phi) is 39.4. The van der Waals surface area contributed by atoms with Crippen molar-refractivity contribution < 1.29 is 24.2 Å². The summed E-state index contributed by atoms with van der Waals surface area (Å²) in [4.78, 5) is 36.4. The summed E-state index contributed by atoms with van der Waals surface area (Å²) in [6.07, 6.45) is 46.5. The van der Waals surface area contributed by atoms with Crippen LogP contribution in [0.2, 0.25) is 0 Å². The highest BCUT2D eigenvalue weighted by atomic mass is 16.5. The van der Waals surface area contributed by atoms with Gasteiger partial charge in [0.1, 0.15) is 12.1 Å². The third kappa shape index (κ3) is 37.9. The number of carboxylic acid groups (broad SMARTS) is 1. The number of carbonyl (C=O) groups excluding carboxylic acids is 2. The quantitative estimate of drug-likeness (QED) is 0.0325. The molecular formula is C46H86N2O5. The zero-order valence-electron chi connectivity index (χ0n) is 34.9. The topological polar surface area (TPSA) is 119 Å². The first kappa shape index (κ1) is 50.9. The van der Waals surface area contributed by atoms with Crippen LogP contribution in [0.15, 0.2) is 24.3 Å². The number of nitrogens with one attached hydrogen (secondary N) is 1. The first-order valence-corrected chi connectivity index (χ1v) is 22.7. The molecule has 0 rings (SSSR count). The maximum Gasteiger partial charge on any atom is 0.326 e. The molecule has 4 N–H and O–H groups in total. The standard InChI is InChI=1S/C46H86N2O5/c1-3-5-7-9-11-13-15-17-19-20-22-24-27-31-36-42(37-32-28-26-29-33-39-44(49)48-43(46(51)52)38-35-41-47)53-45(50)40-34-30-25-23-21-18-16-14-12-10-8-6-4-2/h8,10,14,16,42-43H,3-7,9,11-13,15,17-41,47H2,1-2H3,(H,48,49)(H,51,52)/b10-8-,16-14-. The van der Waals surface area contributed by atoms with E-state index in [1.165, 1.54) is 116 Å². The van der Waals surface area contributed by atoms with Gasteiger partial charge in [-0.25, -0.2) is 4.79 Å². The number of ether oxygens (including phenoxy) is 1. The second kappa shape index (κ2) is 41.0. The van der Waals surface area contributed by atoms with Crippen molar-refractivity contribution in [2.24, 2.45) is 5.73 Å². The highest BCUT2D eigenvalue weighted by molar-refractivity contribution is 5.83. The molecule has 7 nitrogen and oxygen atoms in total. The zero-order chi connectivity index (χ0) is 38.9. The van der Waals surface area contributed by atoms with Gasteiger partial charge in [0.25, 0.3) is 0 Å². The Morgan fingerprint density at radius 3 is 1.53 bits per heavy atom. The Balaban J connectivity index is 4.33. The van der Waals surface area contributed by atoms with Gasteiger partial charge in [0.2, 0.25) is 5.91 Å². The molecule has 0 saturated carbocycles. The number of allylic oxidation sites excluding steroid dienone is 4. The van der Waals surface area contributed by atoms with Crippen LogP contribution >= 0.6 is 0 Å². The van der Waals surface area contributed by atoms with Crippen LogP contribution < -0.4 is 11.1 Å². The summed E-state index contributed by atoms with van der Waals surface area (Å²) in [5.41, 5.74) is 5.49. The summed E-state index contributed by atoms with van der Waals surface area (Å²) in [6.45, 7) is 4.90. The molecule has 2 unspecified atom stereocenters. The van der Waals surface area contributed by atoms with Crippen molar-refractivity contribution in [3.8, 4) is 0 Å². The number of carboxylic acids is 1. The molecule has 2 atom stereocenters. The van der Waals surface area contributed by atoms with Gasteiger partial charge < -0.3 is 20.9 Å². The van der Waals surface area contributed by atoms with Crippen LogP contribution in [-0.4, -0.2) is 41.6 Å². The molecule has 1 amide bonds. The number of rotatable bonds is 41. The summed E-state index contributed by atoms with van der Waals surface area (Å²) in [7, 11) is 0. The molecule has 0 heterocycles. The lowest BCUT2D eigenvalue weighted by Crippen LogP contribution is -2.40. The Bertz CT molecular complexity index is 889. The fraction of sp³-hybridized carbons (Fsp3) is 0.848. The predicted octanol–water partition coefficient (Wildman–Crippen LogP) is 12.8. The van der Waals surface area contributed by atoms with E-state index in [1.807, 2.05) is 0 Å². The van der Waals surface area contributed by atoms with E-state index < -0.39 is 12.0 Å². The van der Waals surface area contributed by atoms with E-state index in [2.05, 4.69) is 43.5 Å². The highest BCUT2D eigenvalue weighted by Crippen LogP contribution is 2.19. The lowest BCUT2D eigenvalue weighted by atomic mass is 10.0. The third-order valence-corrected chi connectivity index (χ3v) is 10.3. The number of aliphatic carboxylic acids is 1. The van der Waals surface area contributed by atoms with Crippen LogP contribution in [0.3, 0.4) is 0 Å². The fourth-order valence-electron chi connectivity index (χ4n) is 6.84. The van der Waals surface area contributed by atoms with Crippen molar-refractivity contribution >= 4 is 17.8 Å². The molecule has 7 heteroatoms. The van der Waals surface area contributed by atoms with E-state index in [4.69, 9.17) is 10.5 Å². The van der Waals surface area contributed by atoms with E-state index in [-0.39, 0.29) is 18.0 Å². The number of nitrogens with two attached hydrogens (primary N) is 1. The predicted molar refractivity (Wildman–Crippen MR) is 225 cm³/mol. The average molecular weight is 747 g/mol. The monoisotopic (exact) mass is 747 g/mol. The summed E-state index contributed by atoms with van der Waals surface area (Å²) in [6, 6.07) is -0.856. The van der Waals surface area contributed by atoms with Crippen molar-refractivity contribution in [2.75, 3.05) is 6.54 Å². The molecule has 0 bridgehead atoms. The average Bonchev–Trinajstić information content (AvgIpc) is 3.14. The van der Waals surface area contributed by atoms with E-state index in [0.717, 1.165) is 77.0 Å². The van der Waals surface area contributed by atoms with Gasteiger partial charge in [-0.3, -0.25) is 9.59 Å². The number of hydrogen-bond donors (Lipinski definition) is 3. The molecule has 53 heavy (non-hydrogen) atoms. The van der Waals surface area contributed by atoms with Crippen LogP contribution in [0.25, 0.3) is 0 Å². The largest absolute Gasteiger partial charge is 0.480 e. The molecule has 0 saturated heterocycles. The van der Waals surface area contributed by atoms with Crippen LogP contribution in [0.1, 0.15) is 232 Å². The lowest BCUT2D eigenvalue weighted by Gasteiger charge is -2.18. The van der Waals surface area contributed by atoms with Gasteiger partial charge in [-0.05, 0) is 83.6 Å². The number of carbonyl (C=O) groups is 3. The molecule has 0 aromatic carbocycles. The Hall–Kier alpha value is -2.15. The number of hydrogen-bond acceptors (Lipinski definition) is 5. The molecule has 0 aromatic heterocycles. The van der Waals surface area contributed by atoms with Crippen LogP contribution in [0.5, 0.6) is 0 Å². The minimum absolute atomic E-state index is 0.00989. The van der Waals surface area contributed by atoms with Crippen molar-refractivity contribution in [3.63, 3.8) is 0 Å². The van der Waals surface area contributed by atoms with Crippen LogP contribution in [0, 0.1) is 0 Å². The zero-order valence-corrected chi connectivity index (χ0v) is 34.9. The van der Waals surface area contributed by atoms with E-state index in [0.29, 0.717) is 32.2 Å². The Morgan fingerprint density at radius 1 is 0.547 bits per heavy atom. The molecule has 0 aromatic rings. The second-order valence-electron chi connectivity index (χ2n) is 15.5. The maximum absolute atomic E-state index is 12.8. The molecule has 0 aliphatic heterocycles. The number of unbranched alkanes of at least 4 members (excludes halogenated alkanes) is 23. The third-order valence-electron chi connectivity index (χ3n) is 10.3. The Morgan fingerprint density at radius 2 is 1.02 bits per heavy atom. The van der Waals surface area contributed by atoms with Crippen LogP contribution in [-0.2, 0) is 19.1 Å². The van der Waals surface area contributed by atoms with Crippen molar-refractivity contribution in [3.05, 3.63) is 24.3 Å². The second-order valence-corrected chi connectivity index (χ2v) is 15.5. The van der Waals surface area contributed by atoms with Gasteiger partial charge in [0, 0.05) is 12.8 Å². The molecule has 0 spiro atoms. The van der Waals surface area contributed by atoms with Crippen molar-refractivity contribution in [1.82, 2.24) is 5.32 Å². The van der Waals surface area contributed by atoms with Crippen LogP contribution in [0.4, 0.5) is 0 Å². The minimum atomic E-state index is -1.00.